The van der Waals surface area contributed by atoms with Crippen molar-refractivity contribution in [1.29, 1.82) is 0 Å². The zero-order chi connectivity index (χ0) is 31.1. The summed E-state index contributed by atoms with van der Waals surface area (Å²) in [6, 6.07) is 22.8. The van der Waals surface area contributed by atoms with E-state index in [1.54, 1.807) is 6.07 Å². The number of unbranched alkanes of at least 4 members (excludes halogenated alkanes) is 2. The van der Waals surface area contributed by atoms with Crippen molar-refractivity contribution in [2.45, 2.75) is 52.5 Å². The van der Waals surface area contributed by atoms with Gasteiger partial charge in [0, 0.05) is 37.3 Å². The molecule has 0 bridgehead atoms. The molecule has 2 amide bonds. The summed E-state index contributed by atoms with van der Waals surface area (Å²) in [7, 11) is 0. The van der Waals surface area contributed by atoms with Crippen LogP contribution in [-0.4, -0.2) is 51.0 Å². The van der Waals surface area contributed by atoms with Gasteiger partial charge in [-0.25, -0.2) is 0 Å². The molecule has 0 N–H and O–H groups in total. The molecule has 0 unspecified atom stereocenters. The SMILES string of the molecule is C#COc1cc(C(=O)N(CCCC)CCCC)nn1-c1ccc(-c2ccc(Cl)cc2)cc1C(=O)N1CCc2ccccc2C1. The monoisotopic (exact) mass is 608 g/mol. The van der Waals surface area contributed by atoms with E-state index in [-0.39, 0.29) is 23.4 Å². The van der Waals surface area contributed by atoms with Gasteiger partial charge in [-0.2, -0.15) is 9.78 Å². The molecule has 0 fully saturated rings. The second-order valence-electron chi connectivity index (χ2n) is 11.0. The molecule has 1 aromatic heterocycles. The lowest BCUT2D eigenvalue weighted by molar-refractivity contribution is 0.0732. The zero-order valence-electron chi connectivity index (χ0n) is 25.3. The van der Waals surface area contributed by atoms with Crippen LogP contribution in [0, 0.1) is 12.5 Å². The molecule has 5 rings (SSSR count). The molecule has 8 heteroatoms. The Kier molecular flexibility index (Phi) is 10.0. The maximum Gasteiger partial charge on any atom is 0.274 e. The number of carbonyl (C=O) groups is 2. The predicted molar refractivity (Wildman–Crippen MR) is 174 cm³/mol. The van der Waals surface area contributed by atoms with E-state index in [1.807, 2.05) is 64.4 Å². The molecule has 0 saturated carbocycles. The van der Waals surface area contributed by atoms with Gasteiger partial charge in [0.25, 0.3) is 11.8 Å². The highest BCUT2D eigenvalue weighted by Gasteiger charge is 2.28. The van der Waals surface area contributed by atoms with E-state index in [1.165, 1.54) is 10.2 Å². The van der Waals surface area contributed by atoms with Gasteiger partial charge in [0.1, 0.15) is 6.11 Å². The fourth-order valence-corrected chi connectivity index (χ4v) is 5.63. The van der Waals surface area contributed by atoms with Crippen molar-refractivity contribution in [3.05, 3.63) is 100 Å². The lowest BCUT2D eigenvalue weighted by atomic mass is 9.97. The Labute approximate surface area is 264 Å². The van der Waals surface area contributed by atoms with Crippen molar-refractivity contribution in [2.75, 3.05) is 19.6 Å². The number of amides is 2. The molecule has 0 aliphatic carbocycles. The smallest absolute Gasteiger partial charge is 0.274 e. The predicted octanol–water partition coefficient (Wildman–Crippen LogP) is 7.40. The van der Waals surface area contributed by atoms with Crippen molar-refractivity contribution in [3.8, 4) is 35.2 Å². The fraction of sp³-hybridized carbons (Fsp3) is 0.306. The Bertz CT molecular complexity index is 1660. The molecule has 0 spiro atoms. The second-order valence-corrected chi connectivity index (χ2v) is 11.4. The van der Waals surface area contributed by atoms with Gasteiger partial charge < -0.3 is 14.5 Å². The Morgan fingerprint density at radius 3 is 2.32 bits per heavy atom. The molecule has 0 radical (unpaired) electrons. The molecular formula is C36H37ClN4O3. The van der Waals surface area contributed by atoms with Crippen LogP contribution in [0.5, 0.6) is 5.88 Å². The summed E-state index contributed by atoms with van der Waals surface area (Å²) in [5.41, 5.74) is 5.26. The van der Waals surface area contributed by atoms with Gasteiger partial charge in [-0.15, -0.1) is 0 Å². The van der Waals surface area contributed by atoms with Crippen LogP contribution in [0.25, 0.3) is 16.8 Å². The first-order valence-electron chi connectivity index (χ1n) is 15.2. The number of nitrogens with zero attached hydrogens (tertiary/aromatic N) is 4. The molecule has 1 aliphatic rings. The number of ether oxygens (including phenoxy) is 1. The normalized spacial score (nSPS) is 12.4. The highest BCUT2D eigenvalue weighted by Crippen LogP contribution is 2.31. The maximum atomic E-state index is 14.3. The molecule has 226 valence electrons. The van der Waals surface area contributed by atoms with E-state index in [2.05, 4.69) is 32.1 Å². The first-order valence-corrected chi connectivity index (χ1v) is 15.6. The highest BCUT2D eigenvalue weighted by molar-refractivity contribution is 6.30. The summed E-state index contributed by atoms with van der Waals surface area (Å²) in [4.78, 5) is 31.6. The van der Waals surface area contributed by atoms with E-state index in [0.29, 0.717) is 42.5 Å². The van der Waals surface area contributed by atoms with Crippen LogP contribution in [0.3, 0.4) is 0 Å². The van der Waals surface area contributed by atoms with Gasteiger partial charge in [-0.3, -0.25) is 9.59 Å². The van der Waals surface area contributed by atoms with Crippen LogP contribution in [0.2, 0.25) is 5.02 Å². The standard InChI is InChI=1S/C36H37ClN4O3/c1-4-7-20-39(21-8-5-2)36(43)32-24-34(44-6-3)41(38-32)33-18-15-28(27-13-16-30(37)17-14-27)23-31(33)35(42)40-22-19-26-11-9-10-12-29(26)25-40/h3,9-18,23-24H,4-5,7-8,19-22,25H2,1-2H3. The minimum atomic E-state index is -0.189. The number of rotatable bonds is 11. The van der Waals surface area contributed by atoms with Crippen LogP contribution in [-0.2, 0) is 13.0 Å². The summed E-state index contributed by atoms with van der Waals surface area (Å²) < 4.78 is 7.01. The van der Waals surface area contributed by atoms with Gasteiger partial charge in [-0.1, -0.05) is 87.2 Å². The lowest BCUT2D eigenvalue weighted by Gasteiger charge is -2.29. The van der Waals surface area contributed by atoms with Crippen LogP contribution < -0.4 is 4.74 Å². The van der Waals surface area contributed by atoms with E-state index >= 15 is 0 Å². The third-order valence-corrected chi connectivity index (χ3v) is 8.21. The molecule has 0 saturated heterocycles. The van der Waals surface area contributed by atoms with E-state index < -0.39 is 0 Å². The summed E-state index contributed by atoms with van der Waals surface area (Å²) in [6.45, 7) is 6.57. The second kappa shape index (κ2) is 14.3. The Morgan fingerprint density at radius 2 is 1.64 bits per heavy atom. The van der Waals surface area contributed by atoms with Crippen molar-refractivity contribution < 1.29 is 14.3 Å². The number of carbonyl (C=O) groups excluding carboxylic acids is 2. The topological polar surface area (TPSA) is 67.7 Å². The minimum Gasteiger partial charge on any atom is -0.388 e. The molecular weight excluding hydrogens is 572 g/mol. The first-order chi connectivity index (χ1) is 21.4. The Balaban J connectivity index is 1.58. The number of benzene rings is 3. The quantitative estimate of drug-likeness (QED) is 0.166. The third-order valence-electron chi connectivity index (χ3n) is 7.96. The Morgan fingerprint density at radius 1 is 0.955 bits per heavy atom. The largest absolute Gasteiger partial charge is 0.388 e. The number of hydrogen-bond donors (Lipinski definition) is 0. The van der Waals surface area contributed by atoms with Crippen molar-refractivity contribution in [2.24, 2.45) is 0 Å². The fourth-order valence-electron chi connectivity index (χ4n) is 5.50. The number of hydrogen-bond acceptors (Lipinski definition) is 4. The molecule has 1 aliphatic heterocycles. The number of terminal acetylenes is 1. The van der Waals surface area contributed by atoms with Gasteiger partial charge in [0.15, 0.2) is 5.69 Å². The molecule has 4 aromatic rings. The van der Waals surface area contributed by atoms with E-state index in [4.69, 9.17) is 27.9 Å². The number of fused-ring (bicyclic) bond motifs is 1. The van der Waals surface area contributed by atoms with Crippen molar-refractivity contribution in [3.63, 3.8) is 0 Å². The first kappa shape index (κ1) is 30.9. The molecule has 7 nitrogen and oxygen atoms in total. The van der Waals surface area contributed by atoms with Crippen LogP contribution in [0.4, 0.5) is 0 Å². The molecule has 2 heterocycles. The summed E-state index contributed by atoms with van der Waals surface area (Å²) in [5, 5.41) is 5.32. The van der Waals surface area contributed by atoms with Crippen LogP contribution in [0.1, 0.15) is 71.5 Å². The lowest BCUT2D eigenvalue weighted by Crippen LogP contribution is -2.36. The molecule has 3 aromatic carbocycles. The van der Waals surface area contributed by atoms with Crippen molar-refractivity contribution in [1.82, 2.24) is 19.6 Å². The zero-order valence-corrected chi connectivity index (χ0v) is 26.0. The maximum absolute atomic E-state index is 14.3. The summed E-state index contributed by atoms with van der Waals surface area (Å²) in [5.74, 6) is -0.141. The van der Waals surface area contributed by atoms with E-state index in [9.17, 15) is 9.59 Å². The third kappa shape index (κ3) is 6.82. The summed E-state index contributed by atoms with van der Waals surface area (Å²) >= 11 is 6.15. The summed E-state index contributed by atoms with van der Waals surface area (Å²) in [6.07, 6.45) is 12.3. The van der Waals surface area contributed by atoms with Gasteiger partial charge in [0.2, 0.25) is 5.88 Å². The van der Waals surface area contributed by atoms with E-state index in [0.717, 1.165) is 48.8 Å². The van der Waals surface area contributed by atoms with Crippen molar-refractivity contribution >= 4 is 23.4 Å². The minimum absolute atomic E-state index is 0.145. The Hall–Kier alpha value is -4.54. The molecule has 0 atom stereocenters. The number of halogens is 1. The average molecular weight is 609 g/mol. The number of aromatic nitrogens is 2. The van der Waals surface area contributed by atoms with Gasteiger partial charge in [-0.05, 0) is 65.8 Å². The van der Waals surface area contributed by atoms with Gasteiger partial charge >= 0.3 is 0 Å². The molecule has 44 heavy (non-hydrogen) atoms. The highest BCUT2D eigenvalue weighted by atomic mass is 35.5. The van der Waals surface area contributed by atoms with Crippen LogP contribution >= 0.6 is 11.6 Å². The van der Waals surface area contributed by atoms with Crippen LogP contribution in [0.15, 0.2) is 72.8 Å². The van der Waals surface area contributed by atoms with Gasteiger partial charge in [0.05, 0.1) is 11.3 Å². The average Bonchev–Trinajstić information content (AvgIpc) is 3.48.